The Morgan fingerprint density at radius 2 is 1.95 bits per heavy atom. The summed E-state index contributed by atoms with van der Waals surface area (Å²) in [6.07, 6.45) is 0. The Kier molecular flexibility index (Phi) is 5.52. The van der Waals surface area contributed by atoms with Gasteiger partial charge in [-0.1, -0.05) is 12.1 Å². The average molecular weight is 277 g/mol. The fourth-order valence-corrected chi connectivity index (χ4v) is 2.22. The molecule has 0 aromatic heterocycles. The molecule has 20 heavy (non-hydrogen) atoms. The lowest BCUT2D eigenvalue weighted by molar-refractivity contribution is 0.0836. The molecular formula is C15H23N3O2. The third-order valence-electron chi connectivity index (χ3n) is 3.45. The van der Waals surface area contributed by atoms with Gasteiger partial charge in [0.25, 0.3) is 0 Å². The maximum Gasteiger partial charge on any atom is 0.181 e. The highest BCUT2D eigenvalue weighted by Gasteiger charge is 2.16. The zero-order valence-corrected chi connectivity index (χ0v) is 12.3. The first-order valence-electron chi connectivity index (χ1n) is 7.12. The molecule has 1 aromatic rings. The van der Waals surface area contributed by atoms with E-state index in [1.54, 1.807) is 0 Å². The summed E-state index contributed by atoms with van der Waals surface area (Å²) >= 11 is 0. The van der Waals surface area contributed by atoms with Gasteiger partial charge in [-0.3, -0.25) is 4.79 Å². The maximum absolute atomic E-state index is 12.3. The Morgan fingerprint density at radius 1 is 1.25 bits per heavy atom. The Labute approximate surface area is 120 Å². The van der Waals surface area contributed by atoms with Crippen molar-refractivity contribution in [2.24, 2.45) is 0 Å². The van der Waals surface area contributed by atoms with Crippen LogP contribution in [0.25, 0.3) is 0 Å². The predicted molar refractivity (Wildman–Crippen MR) is 79.0 cm³/mol. The lowest BCUT2D eigenvalue weighted by Gasteiger charge is -2.32. The van der Waals surface area contributed by atoms with E-state index in [2.05, 4.69) is 22.4 Å². The predicted octanol–water partition coefficient (Wildman–Crippen LogP) is 1.02. The molecule has 1 N–H and O–H groups in total. The Balaban J connectivity index is 1.88. The van der Waals surface area contributed by atoms with E-state index >= 15 is 0 Å². The molecule has 0 amide bonds. The van der Waals surface area contributed by atoms with E-state index in [9.17, 15) is 4.79 Å². The lowest BCUT2D eigenvalue weighted by atomic mass is 10.1. The molecule has 1 heterocycles. The van der Waals surface area contributed by atoms with Gasteiger partial charge in [-0.05, 0) is 26.1 Å². The fraction of sp³-hybridized carbons (Fsp3) is 0.533. The van der Waals surface area contributed by atoms with Crippen LogP contribution in [0.3, 0.4) is 0 Å². The van der Waals surface area contributed by atoms with Crippen molar-refractivity contribution in [2.75, 3.05) is 46.4 Å². The number of hydrogen-bond acceptors (Lipinski definition) is 5. The van der Waals surface area contributed by atoms with Gasteiger partial charge < -0.3 is 9.64 Å². The second-order valence-electron chi connectivity index (χ2n) is 4.98. The Bertz CT molecular complexity index is 442. The number of nitrogens with zero attached hydrogens (tertiary/aromatic N) is 2. The maximum atomic E-state index is 12.3. The van der Waals surface area contributed by atoms with Gasteiger partial charge in [-0.15, -0.1) is 0 Å². The van der Waals surface area contributed by atoms with Crippen LogP contribution in [0.2, 0.25) is 0 Å². The van der Waals surface area contributed by atoms with Crippen LogP contribution in [0.1, 0.15) is 17.3 Å². The first-order valence-corrected chi connectivity index (χ1v) is 7.12. The van der Waals surface area contributed by atoms with Gasteiger partial charge in [-0.2, -0.15) is 0 Å². The van der Waals surface area contributed by atoms with Crippen molar-refractivity contribution in [1.82, 2.24) is 15.3 Å². The number of benzene rings is 1. The summed E-state index contributed by atoms with van der Waals surface area (Å²) in [4.78, 5) is 14.5. The van der Waals surface area contributed by atoms with Crippen molar-refractivity contribution in [3.8, 4) is 5.75 Å². The molecule has 0 unspecified atom stereocenters. The summed E-state index contributed by atoms with van der Waals surface area (Å²) < 4.78 is 5.50. The number of nitrogens with one attached hydrogen (secondary N) is 1. The summed E-state index contributed by atoms with van der Waals surface area (Å²) in [6.45, 7) is 6.73. The number of hydrazine groups is 1. The number of para-hydroxylation sites is 1. The summed E-state index contributed by atoms with van der Waals surface area (Å²) in [5.74, 6) is 0.730. The van der Waals surface area contributed by atoms with Gasteiger partial charge >= 0.3 is 0 Å². The van der Waals surface area contributed by atoms with Crippen molar-refractivity contribution in [2.45, 2.75) is 6.92 Å². The van der Waals surface area contributed by atoms with Gasteiger partial charge in [0.2, 0.25) is 0 Å². The van der Waals surface area contributed by atoms with E-state index in [-0.39, 0.29) is 5.78 Å². The highest BCUT2D eigenvalue weighted by Crippen LogP contribution is 2.18. The SMILES string of the molecule is CCOc1ccccc1C(=O)CNN1CCN(C)CC1. The molecule has 2 rings (SSSR count). The summed E-state index contributed by atoms with van der Waals surface area (Å²) in [5.41, 5.74) is 3.86. The third kappa shape index (κ3) is 4.03. The highest BCUT2D eigenvalue weighted by molar-refractivity contribution is 6.00. The molecule has 110 valence electrons. The van der Waals surface area contributed by atoms with Gasteiger partial charge in [0.05, 0.1) is 18.7 Å². The minimum Gasteiger partial charge on any atom is -0.493 e. The zero-order valence-electron chi connectivity index (χ0n) is 12.3. The normalized spacial score (nSPS) is 17.1. The molecule has 0 saturated carbocycles. The number of carbonyl (C=O) groups excluding carboxylic acids is 1. The molecule has 1 aromatic carbocycles. The number of hydrogen-bond donors (Lipinski definition) is 1. The van der Waals surface area contributed by atoms with Gasteiger partial charge in [0, 0.05) is 26.2 Å². The second kappa shape index (κ2) is 7.38. The quantitative estimate of drug-likeness (QED) is 0.787. The Morgan fingerprint density at radius 3 is 2.65 bits per heavy atom. The standard InChI is InChI=1S/C15H23N3O2/c1-3-20-15-7-5-4-6-13(15)14(19)12-16-18-10-8-17(2)9-11-18/h4-7,16H,3,8-12H2,1-2H3. The lowest BCUT2D eigenvalue weighted by Crippen LogP contribution is -2.51. The van der Waals surface area contributed by atoms with Crippen molar-refractivity contribution in [3.63, 3.8) is 0 Å². The number of ether oxygens (including phenoxy) is 1. The number of likely N-dealkylation sites (N-methyl/N-ethyl adjacent to an activating group) is 1. The Hall–Kier alpha value is -1.43. The molecule has 1 fully saturated rings. The molecule has 1 aliphatic heterocycles. The molecule has 0 aliphatic carbocycles. The highest BCUT2D eigenvalue weighted by atomic mass is 16.5. The molecule has 1 aliphatic rings. The van der Waals surface area contributed by atoms with E-state index in [1.807, 2.05) is 31.2 Å². The topological polar surface area (TPSA) is 44.8 Å². The van der Waals surface area contributed by atoms with Crippen LogP contribution in [0, 0.1) is 0 Å². The molecule has 0 spiro atoms. The van der Waals surface area contributed by atoms with Crippen LogP contribution in [0.5, 0.6) is 5.75 Å². The van der Waals surface area contributed by atoms with Gasteiger partial charge in [0.1, 0.15) is 5.75 Å². The van der Waals surface area contributed by atoms with E-state index < -0.39 is 0 Å². The molecular weight excluding hydrogens is 254 g/mol. The van der Waals surface area contributed by atoms with Crippen molar-refractivity contribution < 1.29 is 9.53 Å². The molecule has 0 radical (unpaired) electrons. The number of Topliss-reactive ketones (excluding diaryl/α,β-unsaturated/α-hetero) is 1. The average Bonchev–Trinajstić information content (AvgIpc) is 2.47. The summed E-state index contributed by atoms with van der Waals surface area (Å²) in [5, 5.41) is 2.11. The van der Waals surface area contributed by atoms with E-state index in [4.69, 9.17) is 4.74 Å². The number of rotatable bonds is 6. The van der Waals surface area contributed by atoms with E-state index in [0.717, 1.165) is 26.2 Å². The number of ketones is 1. The van der Waals surface area contributed by atoms with Crippen molar-refractivity contribution in [1.29, 1.82) is 0 Å². The third-order valence-corrected chi connectivity index (χ3v) is 3.45. The molecule has 1 saturated heterocycles. The molecule has 0 atom stereocenters. The van der Waals surface area contributed by atoms with Crippen LogP contribution in [0.4, 0.5) is 0 Å². The molecule has 5 heteroatoms. The smallest absolute Gasteiger partial charge is 0.181 e. The number of piperazine rings is 1. The monoisotopic (exact) mass is 277 g/mol. The van der Waals surface area contributed by atoms with Crippen LogP contribution in [-0.2, 0) is 0 Å². The number of carbonyl (C=O) groups is 1. The van der Waals surface area contributed by atoms with Gasteiger partial charge in [0.15, 0.2) is 5.78 Å². The summed E-state index contributed by atoms with van der Waals surface area (Å²) in [7, 11) is 2.11. The van der Waals surface area contributed by atoms with Gasteiger partial charge in [-0.25, -0.2) is 10.4 Å². The van der Waals surface area contributed by atoms with Crippen molar-refractivity contribution in [3.05, 3.63) is 29.8 Å². The first kappa shape index (κ1) is 15.0. The van der Waals surface area contributed by atoms with E-state index in [0.29, 0.717) is 24.5 Å². The minimum absolute atomic E-state index is 0.0629. The summed E-state index contributed by atoms with van der Waals surface area (Å²) in [6, 6.07) is 7.41. The van der Waals surface area contributed by atoms with E-state index in [1.165, 1.54) is 0 Å². The second-order valence-corrected chi connectivity index (χ2v) is 4.98. The zero-order chi connectivity index (χ0) is 14.4. The minimum atomic E-state index is 0.0629. The largest absolute Gasteiger partial charge is 0.493 e. The van der Waals surface area contributed by atoms with Crippen LogP contribution < -0.4 is 10.2 Å². The molecule has 5 nitrogen and oxygen atoms in total. The van der Waals surface area contributed by atoms with Crippen LogP contribution in [-0.4, -0.2) is 62.1 Å². The van der Waals surface area contributed by atoms with Crippen LogP contribution in [0.15, 0.2) is 24.3 Å². The van der Waals surface area contributed by atoms with Crippen LogP contribution >= 0.6 is 0 Å². The fourth-order valence-electron chi connectivity index (χ4n) is 2.22. The van der Waals surface area contributed by atoms with Crippen molar-refractivity contribution >= 4 is 5.78 Å². The molecule has 0 bridgehead atoms. The first-order chi connectivity index (χ1) is 9.70.